The predicted molar refractivity (Wildman–Crippen MR) is 47.5 cm³/mol. The summed E-state index contributed by atoms with van der Waals surface area (Å²) >= 11 is 0. The second kappa shape index (κ2) is 4.28. The van der Waals surface area contributed by atoms with Crippen LogP contribution in [0.5, 0.6) is 0 Å². The summed E-state index contributed by atoms with van der Waals surface area (Å²) in [6.07, 6.45) is -0.00861. The van der Waals surface area contributed by atoms with Crippen molar-refractivity contribution in [2.45, 2.75) is 6.42 Å². The van der Waals surface area contributed by atoms with Gasteiger partial charge in [0.2, 0.25) is 0 Å². The Morgan fingerprint density at radius 3 is 2.73 bits per heavy atom. The summed E-state index contributed by atoms with van der Waals surface area (Å²) in [5, 5.41) is 19.0. The third kappa shape index (κ3) is 2.14. The minimum absolute atomic E-state index is 0.145. The van der Waals surface area contributed by atoms with Crippen molar-refractivity contribution in [3.8, 4) is 6.07 Å². The normalized spacial score (nSPS) is 9.33. The third-order valence-corrected chi connectivity index (χ3v) is 1.79. The summed E-state index contributed by atoms with van der Waals surface area (Å²) in [5.74, 6) is -0.909. The Balaban J connectivity index is 3.43. The molecule has 0 saturated carbocycles. The highest BCUT2D eigenvalue weighted by atomic mass is 19.1. The maximum atomic E-state index is 13.2. The largest absolute Gasteiger partial charge is 0.303 e. The van der Waals surface area contributed by atoms with Crippen molar-refractivity contribution < 1.29 is 14.1 Å². The molecule has 0 fully saturated rings. The minimum Gasteiger partial charge on any atom is -0.303 e. The molecule has 0 saturated heterocycles. The molecule has 76 valence electrons. The van der Waals surface area contributed by atoms with Crippen LogP contribution in [0.15, 0.2) is 12.1 Å². The van der Waals surface area contributed by atoms with Crippen LogP contribution in [0, 0.1) is 27.3 Å². The van der Waals surface area contributed by atoms with Crippen LogP contribution in [0.2, 0.25) is 0 Å². The first-order valence-electron chi connectivity index (χ1n) is 3.90. The van der Waals surface area contributed by atoms with E-state index < -0.39 is 16.4 Å². The number of aldehydes is 1. The highest BCUT2D eigenvalue weighted by Crippen LogP contribution is 2.23. The zero-order valence-corrected chi connectivity index (χ0v) is 7.44. The van der Waals surface area contributed by atoms with Crippen LogP contribution in [-0.4, -0.2) is 11.2 Å². The number of carbonyl (C=O) groups is 1. The first-order valence-corrected chi connectivity index (χ1v) is 3.90. The fraction of sp³-hybridized carbons (Fsp3) is 0.111. The van der Waals surface area contributed by atoms with E-state index in [2.05, 4.69) is 0 Å². The van der Waals surface area contributed by atoms with E-state index in [-0.39, 0.29) is 17.5 Å². The number of benzene rings is 1. The van der Waals surface area contributed by atoms with Gasteiger partial charge in [-0.3, -0.25) is 10.1 Å². The molecule has 0 bridgehead atoms. The lowest BCUT2D eigenvalue weighted by atomic mass is 10.1. The Morgan fingerprint density at radius 1 is 1.60 bits per heavy atom. The molecule has 0 aliphatic heterocycles. The van der Waals surface area contributed by atoms with Crippen molar-refractivity contribution >= 4 is 12.0 Å². The van der Waals surface area contributed by atoms with Crippen LogP contribution >= 0.6 is 0 Å². The number of nitrogens with zero attached hydrogens (tertiary/aromatic N) is 2. The zero-order chi connectivity index (χ0) is 11.4. The summed E-state index contributed by atoms with van der Waals surface area (Å²) in [6.45, 7) is 0. The molecule has 0 radical (unpaired) electrons. The summed E-state index contributed by atoms with van der Waals surface area (Å²) in [7, 11) is 0. The van der Waals surface area contributed by atoms with E-state index in [9.17, 15) is 19.3 Å². The molecule has 0 N–H and O–H groups in total. The van der Waals surface area contributed by atoms with E-state index in [1.54, 1.807) is 6.07 Å². The maximum Gasteiger partial charge on any atom is 0.277 e. The van der Waals surface area contributed by atoms with Crippen molar-refractivity contribution in [1.29, 1.82) is 5.26 Å². The van der Waals surface area contributed by atoms with Gasteiger partial charge < -0.3 is 4.79 Å². The van der Waals surface area contributed by atoms with Gasteiger partial charge in [-0.2, -0.15) is 5.26 Å². The minimum atomic E-state index is -0.909. The molecule has 0 spiro atoms. The van der Waals surface area contributed by atoms with Gasteiger partial charge in [-0.15, -0.1) is 0 Å². The van der Waals surface area contributed by atoms with Crippen LogP contribution in [0.1, 0.15) is 11.1 Å². The fourth-order valence-corrected chi connectivity index (χ4v) is 1.13. The number of rotatable bonds is 3. The lowest BCUT2D eigenvalue weighted by Crippen LogP contribution is -2.00. The molecule has 0 aromatic heterocycles. The molecule has 6 heteroatoms. The SMILES string of the molecule is N#Cc1cc(F)c(CC=O)c([N+](=O)[O-])c1. The average molecular weight is 208 g/mol. The van der Waals surface area contributed by atoms with E-state index >= 15 is 0 Å². The predicted octanol–water partition coefficient (Wildman–Crippen LogP) is 1.35. The van der Waals surface area contributed by atoms with Gasteiger partial charge in [-0.05, 0) is 6.07 Å². The number of nitro benzene ring substituents is 1. The lowest BCUT2D eigenvalue weighted by molar-refractivity contribution is -0.385. The number of nitriles is 1. The molecule has 0 aliphatic carbocycles. The molecule has 1 aromatic carbocycles. The lowest BCUT2D eigenvalue weighted by Gasteiger charge is -2.01. The molecule has 0 heterocycles. The summed E-state index contributed by atoms with van der Waals surface area (Å²) in [6, 6.07) is 3.41. The molecule has 0 aliphatic rings. The second-order valence-corrected chi connectivity index (χ2v) is 2.70. The Morgan fingerprint density at radius 2 is 2.27 bits per heavy atom. The third-order valence-electron chi connectivity index (χ3n) is 1.79. The smallest absolute Gasteiger partial charge is 0.277 e. The van der Waals surface area contributed by atoms with Gasteiger partial charge >= 0.3 is 0 Å². The number of carbonyl (C=O) groups excluding carboxylic acids is 1. The van der Waals surface area contributed by atoms with Crippen molar-refractivity contribution in [3.05, 3.63) is 39.2 Å². The standard InChI is InChI=1S/C9H5FN2O3/c10-8-3-6(5-11)4-9(12(14)15)7(8)1-2-13/h2-4H,1H2. The van der Waals surface area contributed by atoms with Crippen molar-refractivity contribution in [3.63, 3.8) is 0 Å². The Kier molecular flexibility index (Phi) is 3.08. The summed E-state index contributed by atoms with van der Waals surface area (Å²) in [5.41, 5.74) is -0.985. The van der Waals surface area contributed by atoms with Crippen LogP contribution in [0.25, 0.3) is 0 Å². The fourth-order valence-electron chi connectivity index (χ4n) is 1.13. The van der Waals surface area contributed by atoms with Crippen LogP contribution < -0.4 is 0 Å². The number of halogens is 1. The summed E-state index contributed by atoms with van der Waals surface area (Å²) in [4.78, 5) is 19.9. The van der Waals surface area contributed by atoms with Gasteiger partial charge in [0, 0.05) is 12.5 Å². The topological polar surface area (TPSA) is 84.0 Å². The van der Waals surface area contributed by atoms with Gasteiger partial charge in [0.25, 0.3) is 5.69 Å². The van der Waals surface area contributed by atoms with Crippen LogP contribution in [0.4, 0.5) is 10.1 Å². The molecule has 0 amide bonds. The quantitative estimate of drug-likeness (QED) is 0.426. The van der Waals surface area contributed by atoms with Crippen LogP contribution in [0.3, 0.4) is 0 Å². The maximum absolute atomic E-state index is 13.2. The van der Waals surface area contributed by atoms with E-state index in [4.69, 9.17) is 5.26 Å². The average Bonchev–Trinajstić information content (AvgIpc) is 2.20. The van der Waals surface area contributed by atoms with Crippen molar-refractivity contribution in [2.24, 2.45) is 0 Å². The molecule has 15 heavy (non-hydrogen) atoms. The highest BCUT2D eigenvalue weighted by Gasteiger charge is 2.19. The van der Waals surface area contributed by atoms with Gasteiger partial charge in [-0.25, -0.2) is 4.39 Å². The first kappa shape index (κ1) is 10.8. The molecule has 0 atom stereocenters. The highest BCUT2D eigenvalue weighted by molar-refractivity contribution is 5.61. The van der Waals surface area contributed by atoms with Crippen LogP contribution in [-0.2, 0) is 11.2 Å². The monoisotopic (exact) mass is 208 g/mol. The van der Waals surface area contributed by atoms with Crippen molar-refractivity contribution in [2.75, 3.05) is 0 Å². The van der Waals surface area contributed by atoms with Gasteiger partial charge in [0.05, 0.1) is 22.1 Å². The van der Waals surface area contributed by atoms with E-state index in [0.717, 1.165) is 12.1 Å². The zero-order valence-electron chi connectivity index (χ0n) is 7.44. The van der Waals surface area contributed by atoms with E-state index in [0.29, 0.717) is 6.29 Å². The Labute approximate surface area is 83.9 Å². The second-order valence-electron chi connectivity index (χ2n) is 2.70. The molecule has 1 rings (SSSR count). The number of hydrogen-bond donors (Lipinski definition) is 0. The van der Waals surface area contributed by atoms with E-state index in [1.165, 1.54) is 0 Å². The first-order chi connectivity index (χ1) is 7.10. The van der Waals surface area contributed by atoms with Gasteiger partial charge in [0.1, 0.15) is 12.1 Å². The van der Waals surface area contributed by atoms with Gasteiger partial charge in [-0.1, -0.05) is 0 Å². The van der Waals surface area contributed by atoms with Crippen molar-refractivity contribution in [1.82, 2.24) is 0 Å². The van der Waals surface area contributed by atoms with E-state index in [1.807, 2.05) is 0 Å². The Bertz CT molecular complexity index is 465. The Hall–Kier alpha value is -2.29. The molecular formula is C9H5FN2O3. The number of nitro groups is 1. The molecule has 5 nitrogen and oxygen atoms in total. The molecule has 1 aromatic rings. The molecule has 0 unspecified atom stereocenters. The molecular weight excluding hydrogens is 203 g/mol. The summed E-state index contributed by atoms with van der Waals surface area (Å²) < 4.78 is 13.2. The van der Waals surface area contributed by atoms with Gasteiger partial charge in [0.15, 0.2) is 0 Å². The number of hydrogen-bond acceptors (Lipinski definition) is 4.